The molecule has 2 aromatic carbocycles. The van der Waals surface area contributed by atoms with Gasteiger partial charge in [-0.2, -0.15) is 0 Å². The summed E-state index contributed by atoms with van der Waals surface area (Å²) in [4.78, 5) is 4.71. The zero-order valence-electron chi connectivity index (χ0n) is 10.9. The van der Waals surface area contributed by atoms with E-state index in [9.17, 15) is 0 Å². The van der Waals surface area contributed by atoms with Crippen molar-refractivity contribution < 1.29 is 0 Å². The molecule has 19 heavy (non-hydrogen) atoms. The number of aromatic nitrogens is 1. The van der Waals surface area contributed by atoms with Crippen molar-refractivity contribution in [2.75, 3.05) is 0 Å². The molecule has 1 aromatic heterocycles. The molecule has 1 atom stereocenters. The minimum atomic E-state index is 0.0420. The summed E-state index contributed by atoms with van der Waals surface area (Å²) in [6.07, 6.45) is 0. The first-order valence-electron chi connectivity index (χ1n) is 6.46. The second-order valence-corrected chi connectivity index (χ2v) is 4.80. The Morgan fingerprint density at radius 1 is 0.947 bits per heavy atom. The van der Waals surface area contributed by atoms with Crippen molar-refractivity contribution in [2.24, 2.45) is 5.73 Å². The number of para-hydroxylation sites is 1. The smallest absolute Gasteiger partial charge is 0.0709 e. The van der Waals surface area contributed by atoms with Gasteiger partial charge in [-0.3, -0.25) is 0 Å². The van der Waals surface area contributed by atoms with E-state index in [1.807, 2.05) is 31.2 Å². The Kier molecular flexibility index (Phi) is 3.02. The van der Waals surface area contributed by atoms with Crippen molar-refractivity contribution in [1.29, 1.82) is 0 Å². The number of hydrogen-bond acceptors (Lipinski definition) is 2. The van der Waals surface area contributed by atoms with Gasteiger partial charge in [0.25, 0.3) is 0 Å². The third-order valence-corrected chi connectivity index (χ3v) is 3.31. The van der Waals surface area contributed by atoms with Crippen LogP contribution < -0.4 is 5.73 Å². The highest BCUT2D eigenvalue weighted by molar-refractivity contribution is 5.81. The molecule has 0 aliphatic rings. The van der Waals surface area contributed by atoms with Gasteiger partial charge in [0.1, 0.15) is 0 Å². The van der Waals surface area contributed by atoms with Crippen molar-refractivity contribution in [2.45, 2.75) is 13.0 Å². The number of nitrogens with zero attached hydrogens (tertiary/aromatic N) is 1. The van der Waals surface area contributed by atoms with Crippen LogP contribution in [0.25, 0.3) is 22.2 Å². The highest BCUT2D eigenvalue weighted by atomic mass is 14.7. The normalized spacial score (nSPS) is 12.5. The van der Waals surface area contributed by atoms with Gasteiger partial charge in [0, 0.05) is 17.0 Å². The molecule has 0 aliphatic carbocycles. The van der Waals surface area contributed by atoms with Crippen molar-refractivity contribution in [3.63, 3.8) is 0 Å². The molecule has 94 valence electrons. The van der Waals surface area contributed by atoms with Gasteiger partial charge in [0.2, 0.25) is 0 Å². The molecule has 2 nitrogen and oxygen atoms in total. The van der Waals surface area contributed by atoms with E-state index in [2.05, 4.69) is 36.4 Å². The van der Waals surface area contributed by atoms with Crippen LogP contribution in [0.1, 0.15) is 18.5 Å². The van der Waals surface area contributed by atoms with Crippen molar-refractivity contribution in [1.82, 2.24) is 4.98 Å². The van der Waals surface area contributed by atoms with Crippen LogP contribution >= 0.6 is 0 Å². The number of pyridine rings is 1. The monoisotopic (exact) mass is 248 g/mol. The molecule has 0 amide bonds. The first kappa shape index (κ1) is 11.9. The Bertz CT molecular complexity index is 717. The lowest BCUT2D eigenvalue weighted by Gasteiger charge is -2.08. The number of nitrogens with two attached hydrogens (primary N) is 1. The maximum Gasteiger partial charge on any atom is 0.0709 e. The van der Waals surface area contributed by atoms with E-state index < -0.39 is 0 Å². The zero-order chi connectivity index (χ0) is 13.2. The van der Waals surface area contributed by atoms with Crippen molar-refractivity contribution >= 4 is 10.9 Å². The zero-order valence-corrected chi connectivity index (χ0v) is 10.9. The Morgan fingerprint density at radius 3 is 2.63 bits per heavy atom. The highest BCUT2D eigenvalue weighted by Crippen LogP contribution is 2.23. The fourth-order valence-corrected chi connectivity index (χ4v) is 2.21. The van der Waals surface area contributed by atoms with E-state index in [1.54, 1.807) is 0 Å². The van der Waals surface area contributed by atoms with Crippen LogP contribution in [0.2, 0.25) is 0 Å². The summed E-state index contributed by atoms with van der Waals surface area (Å²) in [6.45, 7) is 1.99. The Morgan fingerprint density at radius 2 is 1.79 bits per heavy atom. The van der Waals surface area contributed by atoms with Crippen LogP contribution in [0.3, 0.4) is 0 Å². The molecule has 3 aromatic rings. The predicted molar refractivity (Wildman–Crippen MR) is 79.8 cm³/mol. The fourth-order valence-electron chi connectivity index (χ4n) is 2.21. The SMILES string of the molecule is CC(N)c1cccc(-c2ccc3ccccc3n2)c1. The molecule has 2 heteroatoms. The largest absolute Gasteiger partial charge is 0.324 e. The van der Waals surface area contributed by atoms with Gasteiger partial charge in [0.05, 0.1) is 11.2 Å². The number of rotatable bonds is 2. The number of fused-ring (bicyclic) bond motifs is 1. The van der Waals surface area contributed by atoms with Crippen LogP contribution in [0.4, 0.5) is 0 Å². The molecular weight excluding hydrogens is 232 g/mol. The number of benzene rings is 2. The maximum atomic E-state index is 5.93. The molecule has 3 rings (SSSR count). The summed E-state index contributed by atoms with van der Waals surface area (Å²) < 4.78 is 0. The van der Waals surface area contributed by atoms with E-state index in [4.69, 9.17) is 10.7 Å². The molecule has 0 aliphatic heterocycles. The first-order valence-corrected chi connectivity index (χ1v) is 6.46. The van der Waals surface area contributed by atoms with Crippen LogP contribution in [0.15, 0.2) is 60.7 Å². The van der Waals surface area contributed by atoms with Gasteiger partial charge in [-0.05, 0) is 30.7 Å². The highest BCUT2D eigenvalue weighted by Gasteiger charge is 2.04. The first-order chi connectivity index (χ1) is 9.24. The van der Waals surface area contributed by atoms with E-state index in [0.29, 0.717) is 0 Å². The summed E-state index contributed by atoms with van der Waals surface area (Å²) in [7, 11) is 0. The fraction of sp³-hybridized carbons (Fsp3) is 0.118. The second-order valence-electron chi connectivity index (χ2n) is 4.80. The lowest BCUT2D eigenvalue weighted by molar-refractivity contribution is 0.818. The van der Waals surface area contributed by atoms with Crippen molar-refractivity contribution in [3.8, 4) is 11.3 Å². The Balaban J connectivity index is 2.11. The molecule has 0 saturated heterocycles. The molecule has 0 bridgehead atoms. The molecule has 0 spiro atoms. The maximum absolute atomic E-state index is 5.93. The standard InChI is InChI=1S/C17H16N2/c1-12(18)14-6-4-7-15(11-14)17-10-9-13-5-2-3-8-16(13)19-17/h2-12H,18H2,1H3. The Hall–Kier alpha value is -2.19. The van der Waals surface area contributed by atoms with Crippen LogP contribution in [-0.2, 0) is 0 Å². The van der Waals surface area contributed by atoms with Gasteiger partial charge in [-0.25, -0.2) is 4.98 Å². The van der Waals surface area contributed by atoms with E-state index in [1.165, 1.54) is 0 Å². The summed E-state index contributed by atoms with van der Waals surface area (Å²) in [5.74, 6) is 0. The van der Waals surface area contributed by atoms with Gasteiger partial charge in [0.15, 0.2) is 0 Å². The summed E-state index contributed by atoms with van der Waals surface area (Å²) in [6, 6.07) is 20.6. The van der Waals surface area contributed by atoms with E-state index >= 15 is 0 Å². The predicted octanol–water partition coefficient (Wildman–Crippen LogP) is 3.92. The molecule has 2 N–H and O–H groups in total. The molecular formula is C17H16N2. The van der Waals surface area contributed by atoms with Gasteiger partial charge in [-0.15, -0.1) is 0 Å². The summed E-state index contributed by atoms with van der Waals surface area (Å²) in [5, 5.41) is 1.16. The van der Waals surface area contributed by atoms with Crippen LogP contribution in [0.5, 0.6) is 0 Å². The van der Waals surface area contributed by atoms with Crippen molar-refractivity contribution in [3.05, 3.63) is 66.2 Å². The lowest BCUT2D eigenvalue weighted by Crippen LogP contribution is -2.04. The molecule has 0 saturated carbocycles. The average molecular weight is 248 g/mol. The van der Waals surface area contributed by atoms with E-state index in [0.717, 1.165) is 27.7 Å². The molecule has 1 unspecified atom stereocenters. The molecule has 1 heterocycles. The minimum Gasteiger partial charge on any atom is -0.324 e. The van der Waals surface area contributed by atoms with Gasteiger partial charge >= 0.3 is 0 Å². The second kappa shape index (κ2) is 4.82. The minimum absolute atomic E-state index is 0.0420. The van der Waals surface area contributed by atoms with Crippen LogP contribution in [-0.4, -0.2) is 4.98 Å². The average Bonchev–Trinajstić information content (AvgIpc) is 2.47. The molecule has 0 radical (unpaired) electrons. The number of hydrogen-bond donors (Lipinski definition) is 1. The van der Waals surface area contributed by atoms with Crippen LogP contribution in [0, 0.1) is 0 Å². The molecule has 0 fully saturated rings. The third-order valence-electron chi connectivity index (χ3n) is 3.31. The summed E-state index contributed by atoms with van der Waals surface area (Å²) in [5.41, 5.74) is 10.2. The van der Waals surface area contributed by atoms with Gasteiger partial charge < -0.3 is 5.73 Å². The van der Waals surface area contributed by atoms with Gasteiger partial charge in [-0.1, -0.05) is 42.5 Å². The third kappa shape index (κ3) is 2.35. The quantitative estimate of drug-likeness (QED) is 0.746. The Labute approximate surface area is 112 Å². The van der Waals surface area contributed by atoms with E-state index in [-0.39, 0.29) is 6.04 Å². The lowest BCUT2D eigenvalue weighted by atomic mass is 10.0. The summed E-state index contributed by atoms with van der Waals surface area (Å²) >= 11 is 0. The topological polar surface area (TPSA) is 38.9 Å².